The highest BCUT2D eigenvalue weighted by Gasteiger charge is 2.27. The molecule has 0 fully saturated rings. The topological polar surface area (TPSA) is 209 Å². The molecule has 0 amide bonds. The number of aryl methyl sites for hydroxylation is 3. The number of ketones is 3. The zero-order valence-electron chi connectivity index (χ0n) is 58.6. The molecule has 15 rings (SSSR count). The van der Waals surface area contributed by atoms with E-state index in [0.717, 1.165) is 182 Å². The quantitative estimate of drug-likeness (QED) is 0.0373. The minimum absolute atomic E-state index is 0.208. The lowest BCUT2D eigenvalue weighted by atomic mass is 9.89. The summed E-state index contributed by atoms with van der Waals surface area (Å²) >= 11 is 7.83. The first kappa shape index (κ1) is 71.7. The third kappa shape index (κ3) is 18.5. The first-order valence-corrected chi connectivity index (χ1v) is 39.1. The fourth-order valence-electron chi connectivity index (χ4n) is 14.2. The van der Waals surface area contributed by atoms with Gasteiger partial charge in [0.25, 0.3) is 0 Å². The molecule has 9 aromatic heterocycles. The summed E-state index contributed by atoms with van der Waals surface area (Å²) in [5, 5.41) is 22.4. The van der Waals surface area contributed by atoms with Crippen LogP contribution in [0.1, 0.15) is 178 Å². The van der Waals surface area contributed by atoms with Crippen LogP contribution >= 0.6 is 49.9 Å². The van der Waals surface area contributed by atoms with Crippen molar-refractivity contribution in [2.24, 2.45) is 17.8 Å². The van der Waals surface area contributed by atoms with Gasteiger partial charge >= 0.3 is 0 Å². The Bertz CT molecular complexity index is 4430. The van der Waals surface area contributed by atoms with Crippen LogP contribution in [0.3, 0.4) is 0 Å². The van der Waals surface area contributed by atoms with E-state index in [1.807, 2.05) is 26.8 Å². The molecule has 4 N–H and O–H groups in total. The van der Waals surface area contributed by atoms with E-state index in [4.69, 9.17) is 0 Å². The van der Waals surface area contributed by atoms with Crippen molar-refractivity contribution in [1.29, 1.82) is 0 Å². The van der Waals surface area contributed by atoms with E-state index < -0.39 is 0 Å². The van der Waals surface area contributed by atoms with Gasteiger partial charge in [-0.2, -0.15) is 15.3 Å². The van der Waals surface area contributed by atoms with Crippen LogP contribution in [0.4, 0.5) is 10.3 Å². The Morgan fingerprint density at radius 2 is 0.850 bits per heavy atom. The van der Waals surface area contributed by atoms with Gasteiger partial charge < -0.3 is 30.1 Å². The molecule has 100 heavy (non-hydrogen) atoms. The highest BCUT2D eigenvalue weighted by Crippen LogP contribution is 2.34. The first-order valence-electron chi connectivity index (χ1n) is 35.8. The maximum absolute atomic E-state index is 13.2. The van der Waals surface area contributed by atoms with E-state index in [-0.39, 0.29) is 17.3 Å². The second kappa shape index (κ2) is 34.5. The Morgan fingerprint density at radius 1 is 0.480 bits per heavy atom. The van der Waals surface area contributed by atoms with E-state index >= 15 is 0 Å². The van der Waals surface area contributed by atoms with Gasteiger partial charge in [0.05, 0.1) is 100 Å². The van der Waals surface area contributed by atoms with Crippen molar-refractivity contribution in [3.63, 3.8) is 0 Å². The Morgan fingerprint density at radius 3 is 1.23 bits per heavy atom. The molecule has 3 atom stereocenters. The number of nitrogens with one attached hydrogen (secondary N) is 4. The van der Waals surface area contributed by atoms with E-state index in [9.17, 15) is 14.4 Å². The Labute approximate surface area is 607 Å². The van der Waals surface area contributed by atoms with Crippen LogP contribution in [0, 0.1) is 38.5 Å². The molecule has 12 heterocycles. The summed E-state index contributed by atoms with van der Waals surface area (Å²) in [4.78, 5) is 69.3. The number of halogens is 1. The van der Waals surface area contributed by atoms with Gasteiger partial charge in [-0.3, -0.25) is 28.4 Å². The van der Waals surface area contributed by atoms with Crippen molar-refractivity contribution in [1.82, 2.24) is 64.6 Å². The van der Waals surface area contributed by atoms with Crippen LogP contribution < -0.4 is 15.1 Å². The molecule has 12 aromatic rings. The lowest BCUT2D eigenvalue weighted by Gasteiger charge is -2.27. The molecule has 3 aliphatic rings. The zero-order chi connectivity index (χ0) is 69.5. The second-order valence-corrected chi connectivity index (χ2v) is 31.4. The number of thiazole rings is 3. The van der Waals surface area contributed by atoms with Gasteiger partial charge in [0.1, 0.15) is 0 Å². The number of carbonyl (C=O) groups excluding carboxylic acids is 3. The maximum atomic E-state index is 13.2. The number of Topliss-reactive ketones (excluding diaryl/α,β-unsaturated/α-hetero) is 3. The van der Waals surface area contributed by atoms with E-state index in [1.54, 1.807) is 18.6 Å². The fraction of sp³-hybridized carbons (Fsp3) is 0.423. The second-order valence-electron chi connectivity index (χ2n) is 27.1. The highest BCUT2D eigenvalue weighted by atomic mass is 79.9. The molecular weight excluding hydrogens is 1370 g/mol. The number of aromatic nitrogens is 12. The lowest BCUT2D eigenvalue weighted by Crippen LogP contribution is -2.33. The molecule has 0 aliphatic carbocycles. The third-order valence-electron chi connectivity index (χ3n) is 19.3. The number of aromatic amines is 3. The molecule has 22 heteroatoms. The molecule has 0 radical (unpaired) electrons. The normalized spacial score (nSPS) is 14.3. The van der Waals surface area contributed by atoms with E-state index in [0.29, 0.717) is 37.0 Å². The van der Waals surface area contributed by atoms with Crippen LogP contribution in [0.2, 0.25) is 0 Å². The summed E-state index contributed by atoms with van der Waals surface area (Å²) in [6.07, 6.45) is 26.2. The number of carbonyl (C=O) groups is 3. The van der Waals surface area contributed by atoms with Gasteiger partial charge in [-0.15, -0.1) is 11.3 Å². The van der Waals surface area contributed by atoms with E-state index in [2.05, 4.69) is 215 Å². The lowest BCUT2D eigenvalue weighted by molar-refractivity contribution is 0.0953. The third-order valence-corrected chi connectivity index (χ3v) is 23.0. The number of para-hydroxylation sites is 3. The Hall–Kier alpha value is -8.15. The van der Waals surface area contributed by atoms with Gasteiger partial charge in [0.2, 0.25) is 0 Å². The number of benzene rings is 3. The Balaban J connectivity index is 0.000000134. The van der Waals surface area contributed by atoms with Crippen LogP contribution in [-0.2, 0) is 58.5 Å². The number of unbranched alkanes of at least 4 members (excludes halogenated alkanes) is 3. The molecule has 0 spiro atoms. The van der Waals surface area contributed by atoms with Gasteiger partial charge in [-0.25, -0.2) is 15.0 Å². The van der Waals surface area contributed by atoms with Crippen LogP contribution in [-0.4, -0.2) is 96.2 Å². The maximum Gasteiger partial charge on any atom is 0.186 e. The van der Waals surface area contributed by atoms with Gasteiger partial charge in [-0.05, 0) is 146 Å². The van der Waals surface area contributed by atoms with Crippen LogP contribution in [0.15, 0.2) is 132 Å². The molecule has 0 saturated carbocycles. The molecule has 0 saturated heterocycles. The average Bonchev–Trinajstić information content (AvgIpc) is 1.81. The number of hydrogen-bond acceptors (Lipinski definition) is 15. The summed E-state index contributed by atoms with van der Waals surface area (Å²) in [5.74, 6) is 1.70. The van der Waals surface area contributed by atoms with Crippen molar-refractivity contribution in [2.45, 2.75) is 177 Å². The number of anilines is 2. The van der Waals surface area contributed by atoms with Crippen molar-refractivity contribution in [3.05, 3.63) is 198 Å². The minimum Gasteiger partial charge on any atom is -0.361 e. The summed E-state index contributed by atoms with van der Waals surface area (Å²) < 4.78 is 7.00. The molecule has 3 aliphatic heterocycles. The zero-order valence-corrected chi connectivity index (χ0v) is 62.6. The van der Waals surface area contributed by atoms with E-state index in [1.165, 1.54) is 100 Å². The fourth-order valence-corrected chi connectivity index (χ4v) is 17.2. The predicted octanol–water partition coefficient (Wildman–Crippen LogP) is 17.8. The molecule has 524 valence electrons. The minimum atomic E-state index is 0.208. The summed E-state index contributed by atoms with van der Waals surface area (Å²) in [6, 6.07) is 31.6. The largest absolute Gasteiger partial charge is 0.361 e. The number of rotatable bonds is 26. The van der Waals surface area contributed by atoms with Crippen LogP contribution in [0.5, 0.6) is 0 Å². The molecule has 0 bridgehead atoms. The number of hydrogen-bond donors (Lipinski definition) is 4. The SMILES string of the molecule is CCCCC(CC(=O)c1cnc(Br)s1)Cc1c[nH]c2ccccc12.CCCCC(CC(=O)c1cnc(N2CCn3nc(C)cc3C2)s1)Cc1c[nH]c2ccccc12.CCCCC(CC(=O)c1cnc(N2CCn3nc(C)cc3C2)s1)Cc1c[nH]c2ccccc12.Cc1cc2n(n1)CCNC2. The number of H-pyrrole nitrogens is 3. The Kier molecular flexibility index (Phi) is 24.7. The average molecular weight is 1470 g/mol. The van der Waals surface area contributed by atoms with Crippen molar-refractivity contribution >= 4 is 110 Å². The highest BCUT2D eigenvalue weighted by molar-refractivity contribution is 9.11. The summed E-state index contributed by atoms with van der Waals surface area (Å²) in [7, 11) is 0. The molecule has 18 nitrogen and oxygen atoms in total. The molecule has 3 aromatic carbocycles. The van der Waals surface area contributed by atoms with Crippen molar-refractivity contribution in [2.75, 3.05) is 29.4 Å². The van der Waals surface area contributed by atoms with Gasteiger partial charge in [0, 0.05) is 96.7 Å². The molecular formula is C78H94BrN15O3S3. The summed E-state index contributed by atoms with van der Waals surface area (Å²) in [5.41, 5.74) is 14.4. The van der Waals surface area contributed by atoms with Gasteiger partial charge in [0.15, 0.2) is 31.5 Å². The first-order chi connectivity index (χ1) is 48.7. The predicted molar refractivity (Wildman–Crippen MR) is 411 cm³/mol. The number of nitrogens with zero attached hydrogens (tertiary/aromatic N) is 11. The number of fused-ring (bicyclic) bond motifs is 6. The van der Waals surface area contributed by atoms with Crippen LogP contribution in [0.25, 0.3) is 32.7 Å². The van der Waals surface area contributed by atoms with Crippen molar-refractivity contribution in [3.8, 4) is 0 Å². The standard InChI is InChI=1S/2C26H31N5OS.C19H21BrN2OS.C7H11N3/c2*1-3-4-7-19(13-20-15-27-23-9-6-5-8-22(20)23)14-24(32)25-16-28-26(33-25)30-10-11-31-21(17-30)12-18(2)29-31;1-2-3-6-13(10-17(23)18-12-22-19(20)24-18)9-14-11-21-16-8-5-4-7-15(14)16;1-6-4-7-5-8-2-3-10(7)9-6/h2*5-6,8-9,12,15-16,19,27H,3-4,7,10-11,13-14,17H2,1-2H3;4-5,7-8,11-13,21H,2-3,6,9-10H2,1H3;4,8H,2-3,5H2,1H3. The van der Waals surface area contributed by atoms with Crippen molar-refractivity contribution < 1.29 is 14.4 Å². The monoisotopic (exact) mass is 1460 g/mol. The smallest absolute Gasteiger partial charge is 0.186 e. The van der Waals surface area contributed by atoms with Gasteiger partial charge in [-0.1, -0.05) is 137 Å². The summed E-state index contributed by atoms with van der Waals surface area (Å²) in [6.45, 7) is 20.8. The molecule has 3 unspecified atom stereocenters.